The van der Waals surface area contributed by atoms with Crippen LogP contribution in [-0.2, 0) is 23.1 Å². The summed E-state index contributed by atoms with van der Waals surface area (Å²) in [4.78, 5) is 33.2. The number of methoxy groups -OCH3 is 2. The summed E-state index contributed by atoms with van der Waals surface area (Å²) < 4.78 is 12.4. The largest absolute Gasteiger partial charge is 0.497 e. The van der Waals surface area contributed by atoms with E-state index in [4.69, 9.17) is 14.5 Å². The topological polar surface area (TPSA) is 85.7 Å². The summed E-state index contributed by atoms with van der Waals surface area (Å²) in [6.07, 6.45) is 3.85. The Hall–Kier alpha value is -2.78. The van der Waals surface area contributed by atoms with Crippen molar-refractivity contribution in [3.05, 3.63) is 52.3 Å². The highest BCUT2D eigenvalue weighted by atomic mass is 32.2. The molecular formula is C25H32N4O4S. The molecule has 1 fully saturated rings. The summed E-state index contributed by atoms with van der Waals surface area (Å²) >= 11 is 1.52. The zero-order valence-electron chi connectivity index (χ0n) is 20.1. The van der Waals surface area contributed by atoms with Gasteiger partial charge in [-0.3, -0.25) is 9.36 Å². The molecule has 1 aromatic heterocycles. The van der Waals surface area contributed by atoms with Gasteiger partial charge in [0.15, 0.2) is 5.16 Å². The van der Waals surface area contributed by atoms with Gasteiger partial charge in [-0.15, -0.1) is 6.58 Å². The van der Waals surface area contributed by atoms with Gasteiger partial charge in [-0.1, -0.05) is 17.8 Å². The number of nitrogens with one attached hydrogen (secondary N) is 1. The van der Waals surface area contributed by atoms with Crippen molar-refractivity contribution in [3.63, 3.8) is 0 Å². The van der Waals surface area contributed by atoms with Crippen molar-refractivity contribution in [2.45, 2.75) is 36.4 Å². The molecular weight excluding hydrogens is 452 g/mol. The summed E-state index contributed by atoms with van der Waals surface area (Å²) in [5, 5.41) is 3.38. The fourth-order valence-electron chi connectivity index (χ4n) is 5.07. The van der Waals surface area contributed by atoms with Crippen molar-refractivity contribution in [3.8, 4) is 17.0 Å². The second-order valence-corrected chi connectivity index (χ2v) is 9.75. The Morgan fingerprint density at radius 3 is 2.74 bits per heavy atom. The number of benzene rings is 1. The molecule has 4 rings (SSSR count). The second-order valence-electron chi connectivity index (χ2n) is 8.69. The van der Waals surface area contributed by atoms with Crippen LogP contribution in [0.1, 0.15) is 24.0 Å². The molecule has 0 radical (unpaired) electrons. The summed E-state index contributed by atoms with van der Waals surface area (Å²) in [7, 11) is 4.97. The molecule has 0 bridgehead atoms. The third-order valence-corrected chi connectivity index (χ3v) is 7.75. The quantitative estimate of drug-likeness (QED) is 0.281. The van der Waals surface area contributed by atoms with Gasteiger partial charge >= 0.3 is 6.03 Å². The number of allylic oxidation sites excluding steroid dienone is 1. The molecule has 34 heavy (non-hydrogen) atoms. The molecule has 1 spiro atoms. The third-order valence-electron chi connectivity index (χ3n) is 6.81. The van der Waals surface area contributed by atoms with Crippen LogP contribution < -0.4 is 15.6 Å². The maximum Gasteiger partial charge on any atom is 0.317 e. The highest BCUT2D eigenvalue weighted by Gasteiger charge is 2.45. The number of thioether (sulfide) groups is 1. The first-order valence-electron chi connectivity index (χ1n) is 11.5. The summed E-state index contributed by atoms with van der Waals surface area (Å²) in [5.41, 5.74) is 3.22. The molecule has 1 aliphatic carbocycles. The Bertz CT molecular complexity index is 1140. The molecule has 2 aromatic rings. The monoisotopic (exact) mass is 484 g/mol. The molecule has 2 amide bonds. The summed E-state index contributed by atoms with van der Waals surface area (Å²) in [6.45, 7) is 5.99. The minimum atomic E-state index is -0.387. The Kier molecular flexibility index (Phi) is 7.33. The van der Waals surface area contributed by atoms with E-state index in [1.165, 1.54) is 11.8 Å². The number of fused-ring (bicyclic) bond motifs is 4. The molecule has 9 heteroatoms. The molecule has 0 saturated carbocycles. The van der Waals surface area contributed by atoms with Crippen LogP contribution in [0.15, 0.2) is 40.8 Å². The molecule has 1 N–H and O–H groups in total. The first-order valence-corrected chi connectivity index (χ1v) is 12.5. The normalized spacial score (nSPS) is 16.0. The Morgan fingerprint density at radius 1 is 1.32 bits per heavy atom. The van der Waals surface area contributed by atoms with Crippen molar-refractivity contribution in [2.75, 3.05) is 46.7 Å². The van der Waals surface area contributed by atoms with E-state index in [9.17, 15) is 9.59 Å². The number of rotatable bonds is 7. The van der Waals surface area contributed by atoms with Crippen LogP contribution in [-0.4, -0.2) is 67.2 Å². The first-order chi connectivity index (χ1) is 16.5. The maximum absolute atomic E-state index is 14.0. The lowest BCUT2D eigenvalue weighted by molar-refractivity contribution is 0.157. The van der Waals surface area contributed by atoms with Gasteiger partial charge in [0.1, 0.15) is 5.75 Å². The lowest BCUT2D eigenvalue weighted by Crippen LogP contribution is -2.52. The predicted octanol–water partition coefficient (Wildman–Crippen LogP) is 3.07. The number of carbonyl (C=O) groups excluding carboxylic acids is 1. The fourth-order valence-corrected chi connectivity index (χ4v) is 5.98. The minimum Gasteiger partial charge on any atom is -0.497 e. The Labute approximate surface area is 204 Å². The number of hydrogen-bond acceptors (Lipinski definition) is 6. The standard InChI is InChI=1S/C25H32N4O4S/c1-5-10-29-22(30)20-21(27-24(29)34-14-13-32-3)19-7-6-18(33-4)15-17(19)16-25(20)8-11-28(12-9-25)23(31)26-2/h5-7,15H,1,8-14,16H2,2-4H3,(H,26,31). The van der Waals surface area contributed by atoms with Crippen molar-refractivity contribution in [2.24, 2.45) is 0 Å². The molecule has 1 saturated heterocycles. The van der Waals surface area contributed by atoms with Gasteiger partial charge < -0.3 is 19.7 Å². The number of urea groups is 1. The first kappa shape index (κ1) is 24.3. The fraction of sp³-hybridized carbons (Fsp3) is 0.480. The van der Waals surface area contributed by atoms with E-state index in [1.54, 1.807) is 31.9 Å². The number of ether oxygens (including phenoxy) is 2. The number of nitrogens with zero attached hydrogens (tertiary/aromatic N) is 3. The van der Waals surface area contributed by atoms with Crippen LogP contribution in [0.3, 0.4) is 0 Å². The SMILES string of the molecule is C=CCn1c(SCCOC)nc2c(c1=O)C1(CCN(C(=O)NC)CC1)Cc1cc(OC)ccc1-2. The van der Waals surface area contributed by atoms with Gasteiger partial charge in [-0.25, -0.2) is 9.78 Å². The molecule has 0 atom stereocenters. The number of likely N-dealkylation sites (tertiary alicyclic amines) is 1. The van der Waals surface area contributed by atoms with Crippen LogP contribution in [0.2, 0.25) is 0 Å². The van der Waals surface area contributed by atoms with E-state index in [0.717, 1.165) is 34.6 Å². The highest BCUT2D eigenvalue weighted by Crippen LogP contribution is 2.47. The average molecular weight is 485 g/mol. The summed E-state index contributed by atoms with van der Waals surface area (Å²) in [5.74, 6) is 1.48. The van der Waals surface area contributed by atoms with Crippen LogP contribution in [0.5, 0.6) is 5.75 Å². The number of amides is 2. The van der Waals surface area contributed by atoms with E-state index < -0.39 is 0 Å². The van der Waals surface area contributed by atoms with Gasteiger partial charge in [-0.2, -0.15) is 0 Å². The van der Waals surface area contributed by atoms with E-state index >= 15 is 0 Å². The van der Waals surface area contributed by atoms with Crippen LogP contribution in [0, 0.1) is 0 Å². The van der Waals surface area contributed by atoms with Crippen LogP contribution in [0.25, 0.3) is 11.3 Å². The zero-order valence-corrected chi connectivity index (χ0v) is 20.9. The van der Waals surface area contributed by atoms with E-state index in [-0.39, 0.29) is 17.0 Å². The predicted molar refractivity (Wildman–Crippen MR) is 134 cm³/mol. The molecule has 2 aliphatic rings. The average Bonchev–Trinajstić information content (AvgIpc) is 2.85. The molecule has 1 aromatic carbocycles. The van der Waals surface area contributed by atoms with Crippen molar-refractivity contribution in [1.29, 1.82) is 0 Å². The van der Waals surface area contributed by atoms with Crippen molar-refractivity contribution in [1.82, 2.24) is 19.8 Å². The Morgan fingerprint density at radius 2 is 2.09 bits per heavy atom. The van der Waals surface area contributed by atoms with E-state index in [1.807, 2.05) is 17.0 Å². The smallest absolute Gasteiger partial charge is 0.317 e. The number of aromatic nitrogens is 2. The molecule has 8 nitrogen and oxygen atoms in total. The number of carbonyl (C=O) groups is 1. The lowest BCUT2D eigenvalue weighted by atomic mass is 9.64. The van der Waals surface area contributed by atoms with E-state index in [2.05, 4.69) is 18.0 Å². The highest BCUT2D eigenvalue weighted by molar-refractivity contribution is 7.99. The number of piperidine rings is 1. The van der Waals surface area contributed by atoms with Gasteiger partial charge in [0.2, 0.25) is 0 Å². The zero-order chi connectivity index (χ0) is 24.3. The van der Waals surface area contributed by atoms with Crippen LogP contribution in [0.4, 0.5) is 4.79 Å². The minimum absolute atomic E-state index is 0.0142. The van der Waals surface area contributed by atoms with Gasteiger partial charge in [0, 0.05) is 50.5 Å². The Balaban J connectivity index is 1.88. The molecule has 0 unspecified atom stereocenters. The van der Waals surface area contributed by atoms with Gasteiger partial charge in [-0.05, 0) is 43.0 Å². The third kappa shape index (κ3) is 4.34. The van der Waals surface area contributed by atoms with E-state index in [0.29, 0.717) is 50.0 Å². The lowest BCUT2D eigenvalue weighted by Gasteiger charge is -2.45. The second kappa shape index (κ2) is 10.2. The van der Waals surface area contributed by atoms with Crippen molar-refractivity contribution < 1.29 is 14.3 Å². The van der Waals surface area contributed by atoms with Crippen molar-refractivity contribution >= 4 is 17.8 Å². The molecule has 182 valence electrons. The van der Waals surface area contributed by atoms with Gasteiger partial charge in [0.05, 0.1) is 25.0 Å². The van der Waals surface area contributed by atoms with Crippen LogP contribution >= 0.6 is 11.8 Å². The number of hydrogen-bond donors (Lipinski definition) is 1. The molecule has 2 heterocycles. The maximum atomic E-state index is 14.0. The van der Waals surface area contributed by atoms with Gasteiger partial charge in [0.25, 0.3) is 5.56 Å². The molecule has 1 aliphatic heterocycles. The summed E-state index contributed by atoms with van der Waals surface area (Å²) in [6, 6.07) is 5.90.